The first kappa shape index (κ1) is 15.6. The van der Waals surface area contributed by atoms with Crippen molar-refractivity contribution in [1.29, 1.82) is 5.26 Å². The average Bonchev–Trinajstić information content (AvgIpc) is 2.20. The number of pyridine rings is 1. The Morgan fingerprint density at radius 2 is 1.84 bits per heavy atom. The van der Waals surface area contributed by atoms with Crippen molar-refractivity contribution in [2.45, 2.75) is 19.0 Å². The Hall–Kier alpha value is -1.50. The zero-order valence-electron chi connectivity index (χ0n) is 8.73. The van der Waals surface area contributed by atoms with Crippen LogP contribution in [0.5, 0.6) is 5.75 Å². The number of nitrogens with zero attached hydrogens (tertiary/aromatic N) is 2. The lowest BCUT2D eigenvalue weighted by Gasteiger charge is -2.17. The van der Waals surface area contributed by atoms with Crippen LogP contribution >= 0.6 is 15.9 Å². The van der Waals surface area contributed by atoms with E-state index in [1.807, 2.05) is 0 Å². The number of halogens is 7. The standard InChI is InChI=1S/C9H3BrF6N2O/c10-5-4(1-2-17)3-18-7(8(11,12)13)6(5)19-9(14,15)16/h3H,1H2. The molecule has 0 aromatic carbocycles. The Labute approximate surface area is 110 Å². The zero-order valence-corrected chi connectivity index (χ0v) is 10.3. The van der Waals surface area contributed by atoms with Gasteiger partial charge in [-0.25, -0.2) is 4.98 Å². The van der Waals surface area contributed by atoms with Gasteiger partial charge in [0, 0.05) is 11.8 Å². The molecule has 0 fully saturated rings. The average molecular weight is 349 g/mol. The van der Waals surface area contributed by atoms with Gasteiger partial charge in [0.25, 0.3) is 0 Å². The van der Waals surface area contributed by atoms with Crippen molar-refractivity contribution >= 4 is 15.9 Å². The van der Waals surface area contributed by atoms with Gasteiger partial charge in [-0.05, 0) is 15.9 Å². The molecule has 0 N–H and O–H groups in total. The second-order valence-corrected chi connectivity index (χ2v) is 3.95. The first-order valence-electron chi connectivity index (χ1n) is 4.43. The molecular formula is C9H3BrF6N2O. The monoisotopic (exact) mass is 348 g/mol. The van der Waals surface area contributed by atoms with Crippen LogP contribution in [0.25, 0.3) is 0 Å². The summed E-state index contributed by atoms with van der Waals surface area (Å²) in [6.07, 6.45) is -10.2. The van der Waals surface area contributed by atoms with Gasteiger partial charge < -0.3 is 4.74 Å². The van der Waals surface area contributed by atoms with Crippen LogP contribution in [0.4, 0.5) is 26.3 Å². The minimum absolute atomic E-state index is 0.144. The zero-order chi connectivity index (χ0) is 14.8. The van der Waals surface area contributed by atoms with Crippen LogP contribution < -0.4 is 4.74 Å². The maximum atomic E-state index is 12.5. The largest absolute Gasteiger partial charge is 0.573 e. The van der Waals surface area contributed by atoms with Crippen LogP contribution in [0.3, 0.4) is 0 Å². The molecule has 1 aromatic heterocycles. The van der Waals surface area contributed by atoms with Crippen LogP contribution in [0, 0.1) is 11.3 Å². The molecular weight excluding hydrogens is 346 g/mol. The molecule has 10 heteroatoms. The lowest BCUT2D eigenvalue weighted by atomic mass is 10.2. The lowest BCUT2D eigenvalue weighted by molar-refractivity contribution is -0.276. The van der Waals surface area contributed by atoms with Gasteiger partial charge in [0.2, 0.25) is 0 Å². The molecule has 0 unspecified atom stereocenters. The molecule has 1 aromatic rings. The fourth-order valence-electron chi connectivity index (χ4n) is 1.13. The van der Waals surface area contributed by atoms with E-state index in [-0.39, 0.29) is 5.56 Å². The second-order valence-electron chi connectivity index (χ2n) is 3.16. The normalized spacial score (nSPS) is 12.1. The summed E-state index contributed by atoms with van der Waals surface area (Å²) in [4.78, 5) is 2.88. The van der Waals surface area contributed by atoms with Crippen LogP contribution in [0.2, 0.25) is 0 Å². The summed E-state index contributed by atoms with van der Waals surface area (Å²) in [7, 11) is 0. The van der Waals surface area contributed by atoms with Crippen LogP contribution in [0.15, 0.2) is 10.7 Å². The highest BCUT2D eigenvalue weighted by atomic mass is 79.9. The molecule has 1 heterocycles. The maximum absolute atomic E-state index is 12.5. The van der Waals surface area contributed by atoms with Gasteiger partial charge in [-0.2, -0.15) is 18.4 Å². The number of ether oxygens (including phenoxy) is 1. The van der Waals surface area contributed by atoms with E-state index >= 15 is 0 Å². The molecule has 0 bridgehead atoms. The smallest absolute Gasteiger partial charge is 0.402 e. The summed E-state index contributed by atoms with van der Waals surface area (Å²) in [5.74, 6) is -1.51. The number of alkyl halides is 6. The van der Waals surface area contributed by atoms with Crippen LogP contribution in [-0.4, -0.2) is 11.3 Å². The van der Waals surface area contributed by atoms with Crippen molar-refractivity contribution in [3.05, 3.63) is 21.9 Å². The number of rotatable bonds is 2. The molecule has 0 spiro atoms. The summed E-state index contributed by atoms with van der Waals surface area (Å²) in [6.45, 7) is 0. The highest BCUT2D eigenvalue weighted by molar-refractivity contribution is 9.10. The Kier molecular flexibility index (Phi) is 4.29. The molecule has 3 nitrogen and oxygen atoms in total. The van der Waals surface area contributed by atoms with E-state index < -0.39 is 34.9 Å². The fourth-order valence-corrected chi connectivity index (χ4v) is 1.64. The summed E-state index contributed by atoms with van der Waals surface area (Å²) in [5.41, 5.74) is -1.96. The van der Waals surface area contributed by atoms with E-state index in [0.717, 1.165) is 0 Å². The Balaban J connectivity index is 3.43. The SMILES string of the molecule is N#CCc1cnc(C(F)(F)F)c(OC(F)(F)F)c1Br. The quantitative estimate of drug-likeness (QED) is 0.763. The van der Waals surface area contributed by atoms with Crippen molar-refractivity contribution in [2.75, 3.05) is 0 Å². The van der Waals surface area contributed by atoms with Gasteiger partial charge in [-0.15, -0.1) is 13.2 Å². The third-order valence-corrected chi connectivity index (χ3v) is 2.67. The number of nitriles is 1. The first-order chi connectivity index (χ1) is 8.56. The Morgan fingerprint density at radius 3 is 2.26 bits per heavy atom. The molecule has 0 aliphatic carbocycles. The van der Waals surface area contributed by atoms with Crippen LogP contribution in [-0.2, 0) is 12.6 Å². The number of hydrogen-bond acceptors (Lipinski definition) is 3. The summed E-state index contributed by atoms with van der Waals surface area (Å²) in [6, 6.07) is 1.59. The van der Waals surface area contributed by atoms with Crippen molar-refractivity contribution in [3.8, 4) is 11.8 Å². The Bertz CT molecular complexity index is 519. The third-order valence-electron chi connectivity index (χ3n) is 1.80. The molecule has 0 aliphatic heterocycles. The maximum Gasteiger partial charge on any atom is 0.573 e. The highest BCUT2D eigenvalue weighted by Crippen LogP contribution is 2.42. The lowest BCUT2D eigenvalue weighted by Crippen LogP contribution is -2.21. The predicted molar refractivity (Wildman–Crippen MR) is 52.9 cm³/mol. The topological polar surface area (TPSA) is 45.9 Å². The molecule has 0 aliphatic rings. The molecule has 19 heavy (non-hydrogen) atoms. The molecule has 0 saturated carbocycles. The van der Waals surface area contributed by atoms with E-state index in [2.05, 4.69) is 25.7 Å². The molecule has 0 saturated heterocycles. The summed E-state index contributed by atoms with van der Waals surface area (Å²) in [5, 5.41) is 8.41. The minimum atomic E-state index is -5.31. The first-order valence-corrected chi connectivity index (χ1v) is 5.23. The van der Waals surface area contributed by atoms with E-state index in [4.69, 9.17) is 5.26 Å². The number of hydrogen-bond donors (Lipinski definition) is 0. The van der Waals surface area contributed by atoms with Gasteiger partial charge in [-0.1, -0.05) is 0 Å². The van der Waals surface area contributed by atoms with E-state index in [9.17, 15) is 26.3 Å². The van der Waals surface area contributed by atoms with Gasteiger partial charge >= 0.3 is 12.5 Å². The van der Waals surface area contributed by atoms with Gasteiger partial charge in [-0.3, -0.25) is 0 Å². The predicted octanol–water partition coefficient (Wildman–Crippen LogP) is 3.83. The van der Waals surface area contributed by atoms with Gasteiger partial charge in [0.1, 0.15) is 0 Å². The Morgan fingerprint density at radius 1 is 1.26 bits per heavy atom. The van der Waals surface area contributed by atoms with Crippen molar-refractivity contribution in [3.63, 3.8) is 0 Å². The van der Waals surface area contributed by atoms with E-state index in [1.165, 1.54) is 0 Å². The fraction of sp³-hybridized carbons (Fsp3) is 0.333. The van der Waals surface area contributed by atoms with Gasteiger partial charge in [0.15, 0.2) is 11.4 Å². The van der Waals surface area contributed by atoms with E-state index in [1.54, 1.807) is 6.07 Å². The molecule has 1 rings (SSSR count). The second kappa shape index (κ2) is 5.24. The third kappa shape index (κ3) is 3.99. The van der Waals surface area contributed by atoms with Crippen molar-refractivity contribution < 1.29 is 31.1 Å². The molecule has 0 radical (unpaired) electrons. The summed E-state index contributed by atoms with van der Waals surface area (Å²) < 4.78 is 76.6. The molecule has 104 valence electrons. The molecule has 0 amide bonds. The van der Waals surface area contributed by atoms with Gasteiger partial charge in [0.05, 0.1) is 17.0 Å². The minimum Gasteiger partial charge on any atom is -0.402 e. The highest BCUT2D eigenvalue weighted by Gasteiger charge is 2.42. The van der Waals surface area contributed by atoms with Crippen LogP contribution in [0.1, 0.15) is 11.3 Å². The summed E-state index contributed by atoms with van der Waals surface area (Å²) >= 11 is 2.56. The number of aromatic nitrogens is 1. The van der Waals surface area contributed by atoms with E-state index in [0.29, 0.717) is 6.20 Å². The molecule has 0 atom stereocenters. The van der Waals surface area contributed by atoms with Crippen molar-refractivity contribution in [1.82, 2.24) is 4.98 Å². The van der Waals surface area contributed by atoms with Crippen molar-refractivity contribution in [2.24, 2.45) is 0 Å².